The van der Waals surface area contributed by atoms with Crippen LogP contribution < -0.4 is 0 Å². The molecule has 3 radical (unpaired) electrons. The van der Waals surface area contributed by atoms with E-state index in [9.17, 15) is 0 Å². The molecular formula is C9H15BY-2. The van der Waals surface area contributed by atoms with E-state index in [2.05, 4.69) is 27.2 Å². The molecule has 2 heteroatoms. The molecule has 0 heterocycles. The van der Waals surface area contributed by atoms with Gasteiger partial charge in [-0.15, -0.1) is 6.42 Å². The first-order chi connectivity index (χ1) is 4.58. The average Bonchev–Trinajstić information content (AvgIpc) is 2.09. The van der Waals surface area contributed by atoms with Crippen molar-refractivity contribution < 1.29 is 32.7 Å². The second-order valence-electron chi connectivity index (χ2n) is 3.57. The molecule has 59 valence electrons. The van der Waals surface area contributed by atoms with E-state index in [1.807, 2.05) is 0 Å². The Bertz CT molecular complexity index is 127. The fraction of sp³-hybridized carbons (Fsp3) is 0.778. The number of hydrogen-bond donors (Lipinski definition) is 0. The summed E-state index contributed by atoms with van der Waals surface area (Å²) in [5, 5.41) is 0. The van der Waals surface area contributed by atoms with E-state index < -0.39 is 0 Å². The van der Waals surface area contributed by atoms with Gasteiger partial charge in [-0.25, -0.2) is 5.82 Å². The van der Waals surface area contributed by atoms with E-state index >= 15 is 0 Å². The molecule has 0 bridgehead atoms. The van der Waals surface area contributed by atoms with E-state index in [0.717, 1.165) is 12.8 Å². The van der Waals surface area contributed by atoms with Crippen molar-refractivity contribution in [3.8, 4) is 0 Å². The van der Waals surface area contributed by atoms with E-state index in [0.29, 0.717) is 5.92 Å². The molecule has 1 aliphatic carbocycles. The first-order valence-electron chi connectivity index (χ1n) is 4.04. The van der Waals surface area contributed by atoms with Crippen LogP contribution in [0.5, 0.6) is 0 Å². The van der Waals surface area contributed by atoms with Crippen LogP contribution in [0.15, 0.2) is 0 Å². The molecule has 0 spiro atoms. The molecule has 0 aromatic carbocycles. The molecule has 0 saturated heterocycles. The van der Waals surface area contributed by atoms with Gasteiger partial charge < -0.3 is 13.3 Å². The van der Waals surface area contributed by atoms with Crippen molar-refractivity contribution in [2.75, 3.05) is 0 Å². The van der Waals surface area contributed by atoms with Gasteiger partial charge in [0.15, 0.2) is 0 Å². The Morgan fingerprint density at radius 3 is 2.45 bits per heavy atom. The first kappa shape index (κ1) is 12.2. The Morgan fingerprint density at radius 2 is 2.27 bits per heavy atom. The molecule has 1 rings (SSSR count). The van der Waals surface area contributed by atoms with Gasteiger partial charge in [0.1, 0.15) is 0 Å². The summed E-state index contributed by atoms with van der Waals surface area (Å²) in [6.45, 7) is 8.61. The van der Waals surface area contributed by atoms with Crippen LogP contribution in [-0.4, -0.2) is 7.85 Å². The predicted octanol–water partition coefficient (Wildman–Crippen LogP) is 2.42. The van der Waals surface area contributed by atoms with Crippen LogP contribution in [0, 0.1) is 24.7 Å². The topological polar surface area (TPSA) is 0 Å². The molecule has 1 unspecified atom stereocenters. The normalized spacial score (nSPS) is 43.5. The summed E-state index contributed by atoms with van der Waals surface area (Å²) in [4.78, 5) is 0. The van der Waals surface area contributed by atoms with Crippen LogP contribution in [0.3, 0.4) is 0 Å². The maximum absolute atomic E-state index is 5.78. The van der Waals surface area contributed by atoms with Gasteiger partial charge in [-0.05, 0) is 0 Å². The summed E-state index contributed by atoms with van der Waals surface area (Å²) >= 11 is 0. The van der Waals surface area contributed by atoms with E-state index in [4.69, 9.17) is 7.85 Å². The van der Waals surface area contributed by atoms with Crippen molar-refractivity contribution in [3.05, 3.63) is 13.3 Å². The van der Waals surface area contributed by atoms with Gasteiger partial charge in [0, 0.05) is 40.6 Å². The van der Waals surface area contributed by atoms with E-state index in [1.165, 1.54) is 0 Å². The number of hydrogen-bond acceptors (Lipinski definition) is 0. The molecule has 0 amide bonds. The summed E-state index contributed by atoms with van der Waals surface area (Å²) in [6, 6.07) is 0. The second kappa shape index (κ2) is 4.42. The Morgan fingerprint density at radius 1 is 1.73 bits per heavy atom. The minimum atomic E-state index is 0. The molecule has 11 heavy (non-hydrogen) atoms. The predicted molar refractivity (Wildman–Crippen MR) is 45.7 cm³/mol. The summed E-state index contributed by atoms with van der Waals surface area (Å²) in [5.41, 5.74) is 0.236. The Kier molecular flexibility index (Phi) is 4.89. The fourth-order valence-corrected chi connectivity index (χ4v) is 1.76. The second-order valence-corrected chi connectivity index (χ2v) is 3.57. The minimum Gasteiger partial charge on any atom is -0.340 e. The van der Waals surface area contributed by atoms with Gasteiger partial charge in [0.05, 0.1) is 0 Å². The molecule has 1 saturated carbocycles. The van der Waals surface area contributed by atoms with Crippen molar-refractivity contribution in [3.63, 3.8) is 0 Å². The van der Waals surface area contributed by atoms with Gasteiger partial charge in [-0.3, -0.25) is 0 Å². The van der Waals surface area contributed by atoms with Crippen LogP contribution in [0.1, 0.15) is 26.7 Å². The monoisotopic (exact) mass is 223 g/mol. The molecule has 0 aromatic rings. The zero-order chi connectivity index (χ0) is 7.78. The van der Waals surface area contributed by atoms with Crippen LogP contribution in [-0.2, 0) is 32.7 Å². The van der Waals surface area contributed by atoms with Gasteiger partial charge >= 0.3 is 0 Å². The first-order valence-corrected chi connectivity index (χ1v) is 4.04. The van der Waals surface area contributed by atoms with Gasteiger partial charge in [-0.2, -0.15) is 11.3 Å². The van der Waals surface area contributed by atoms with E-state index in [-0.39, 0.29) is 43.9 Å². The molecule has 0 aliphatic heterocycles. The minimum absolute atomic E-state index is 0. The standard InChI is InChI=1S/C9H15B.Y/c1-4-9(3)6-8(10)5-7(9)2;/h5,7-8H,3-4,6H2,1-2H3;/q-2;/t7-,8+,9?;/m1./s1. The van der Waals surface area contributed by atoms with Gasteiger partial charge in [0.25, 0.3) is 0 Å². The molecule has 0 nitrogen and oxygen atoms in total. The molecule has 1 fully saturated rings. The summed E-state index contributed by atoms with van der Waals surface area (Å²) in [5.74, 6) is 0.875. The molecule has 0 N–H and O–H groups in total. The molecular weight excluding hydrogens is 208 g/mol. The quantitative estimate of drug-likeness (QED) is 0.473. The van der Waals surface area contributed by atoms with Gasteiger partial charge in [0.2, 0.25) is 0 Å². The maximum Gasteiger partial charge on any atom is 0.0313 e. The van der Waals surface area contributed by atoms with Crippen LogP contribution in [0.2, 0.25) is 5.82 Å². The average molecular weight is 223 g/mol. The van der Waals surface area contributed by atoms with Crippen LogP contribution in [0.4, 0.5) is 0 Å². The van der Waals surface area contributed by atoms with Crippen molar-refractivity contribution in [1.29, 1.82) is 0 Å². The zero-order valence-electron chi connectivity index (χ0n) is 7.51. The largest absolute Gasteiger partial charge is 0.340 e. The third kappa shape index (κ3) is 2.56. The van der Waals surface area contributed by atoms with Crippen molar-refractivity contribution in [2.24, 2.45) is 11.3 Å². The summed E-state index contributed by atoms with van der Waals surface area (Å²) in [6.07, 6.45) is 4.42. The smallest absolute Gasteiger partial charge is 0.0313 e. The van der Waals surface area contributed by atoms with Crippen molar-refractivity contribution in [1.82, 2.24) is 0 Å². The molecule has 0 aromatic heterocycles. The number of rotatable bonds is 1. The van der Waals surface area contributed by atoms with E-state index in [1.54, 1.807) is 0 Å². The third-order valence-corrected chi connectivity index (χ3v) is 2.85. The van der Waals surface area contributed by atoms with Crippen LogP contribution >= 0.6 is 0 Å². The van der Waals surface area contributed by atoms with Crippen molar-refractivity contribution >= 4 is 7.85 Å². The molecule has 3 atom stereocenters. The summed E-state index contributed by atoms with van der Waals surface area (Å²) in [7, 11) is 5.78. The van der Waals surface area contributed by atoms with Crippen LogP contribution in [0.25, 0.3) is 0 Å². The Hall–Kier alpha value is 1.17. The Labute approximate surface area is 97.2 Å². The van der Waals surface area contributed by atoms with Crippen molar-refractivity contribution in [2.45, 2.75) is 32.5 Å². The SMILES string of the molecule is [B][C@H]1[CH-][C@@H](C)C([CH2-])(CC)C1.[Y]. The Balaban J connectivity index is 0.000001000. The van der Waals surface area contributed by atoms with Gasteiger partial charge in [-0.1, -0.05) is 20.3 Å². The zero-order valence-corrected chi connectivity index (χ0v) is 10.3. The maximum atomic E-state index is 5.78. The molecule has 1 aliphatic rings. The third-order valence-electron chi connectivity index (χ3n) is 2.85. The summed E-state index contributed by atoms with van der Waals surface area (Å²) < 4.78 is 0. The fourth-order valence-electron chi connectivity index (χ4n) is 1.76.